The minimum absolute atomic E-state index is 0.0523. The van der Waals surface area contributed by atoms with Crippen molar-refractivity contribution in [1.29, 1.82) is 0 Å². The molecule has 4 rings (SSSR count). The topological polar surface area (TPSA) is 86.8 Å². The van der Waals surface area contributed by atoms with E-state index in [0.717, 1.165) is 21.0 Å². The van der Waals surface area contributed by atoms with Crippen molar-refractivity contribution in [3.8, 4) is 0 Å². The number of nitrogens with zero attached hydrogens (tertiary/aromatic N) is 2. The van der Waals surface area contributed by atoms with Crippen LogP contribution >= 0.6 is 27.5 Å². The van der Waals surface area contributed by atoms with Crippen LogP contribution in [-0.2, 0) is 32.6 Å². The van der Waals surface area contributed by atoms with Crippen molar-refractivity contribution in [2.45, 2.75) is 57.1 Å². The van der Waals surface area contributed by atoms with E-state index in [4.69, 9.17) is 11.6 Å². The highest BCUT2D eigenvalue weighted by Crippen LogP contribution is 2.28. The smallest absolute Gasteiger partial charge is 0.264 e. The summed E-state index contributed by atoms with van der Waals surface area (Å²) in [5.74, 6) is -0.880. The molecule has 0 spiro atoms. The van der Waals surface area contributed by atoms with Crippen molar-refractivity contribution < 1.29 is 18.0 Å². The van der Waals surface area contributed by atoms with Crippen molar-refractivity contribution in [2.24, 2.45) is 0 Å². The zero-order valence-electron chi connectivity index (χ0n) is 25.7. The van der Waals surface area contributed by atoms with Crippen molar-refractivity contribution in [3.05, 3.63) is 129 Å². The van der Waals surface area contributed by atoms with E-state index in [0.29, 0.717) is 15.2 Å². The summed E-state index contributed by atoms with van der Waals surface area (Å²) in [5, 5.41) is 3.57. The Morgan fingerprint density at radius 2 is 1.51 bits per heavy atom. The molecule has 0 bridgehead atoms. The van der Waals surface area contributed by atoms with Crippen LogP contribution in [0, 0.1) is 6.92 Å². The van der Waals surface area contributed by atoms with Gasteiger partial charge in [-0.1, -0.05) is 93.8 Å². The van der Waals surface area contributed by atoms with E-state index in [1.165, 1.54) is 17.0 Å². The summed E-state index contributed by atoms with van der Waals surface area (Å²) < 4.78 is 30.0. The molecule has 10 heteroatoms. The summed E-state index contributed by atoms with van der Waals surface area (Å²) >= 11 is 9.58. The highest BCUT2D eigenvalue weighted by molar-refractivity contribution is 9.10. The molecule has 0 saturated carbocycles. The zero-order valence-corrected chi connectivity index (χ0v) is 28.9. The van der Waals surface area contributed by atoms with E-state index in [1.54, 1.807) is 60.7 Å². The van der Waals surface area contributed by atoms with Gasteiger partial charge in [-0.3, -0.25) is 13.9 Å². The lowest BCUT2D eigenvalue weighted by atomic mass is 10.0. The van der Waals surface area contributed by atoms with Gasteiger partial charge in [-0.15, -0.1) is 0 Å². The van der Waals surface area contributed by atoms with Gasteiger partial charge >= 0.3 is 0 Å². The molecule has 236 valence electrons. The largest absolute Gasteiger partial charge is 0.350 e. The number of benzene rings is 4. The lowest BCUT2D eigenvalue weighted by Gasteiger charge is -2.35. The van der Waals surface area contributed by atoms with Gasteiger partial charge in [-0.05, 0) is 81.3 Å². The SMILES string of the molecule is Cc1ccc(S(=O)(=O)N(CC(=O)N(Cc2ccc(Cl)cc2)[C@H](Cc2ccccc2)C(=O)NC(C)(C)C)c2cccc(Br)c2)cc1. The first-order valence-electron chi connectivity index (χ1n) is 14.5. The summed E-state index contributed by atoms with van der Waals surface area (Å²) in [6.07, 6.45) is 0.226. The van der Waals surface area contributed by atoms with Gasteiger partial charge in [-0.2, -0.15) is 0 Å². The van der Waals surface area contributed by atoms with E-state index in [2.05, 4.69) is 21.2 Å². The molecule has 0 heterocycles. The summed E-state index contributed by atoms with van der Waals surface area (Å²) in [4.78, 5) is 30.0. The van der Waals surface area contributed by atoms with E-state index in [-0.39, 0.29) is 23.8 Å². The Labute approximate surface area is 279 Å². The Balaban J connectivity index is 1.81. The number of halogens is 2. The summed E-state index contributed by atoms with van der Waals surface area (Å²) in [7, 11) is -4.18. The number of aryl methyl sites for hydroxylation is 1. The normalized spacial score (nSPS) is 12.3. The number of rotatable bonds is 11. The highest BCUT2D eigenvalue weighted by Gasteiger charge is 2.35. The Bertz CT molecular complexity index is 1730. The number of nitrogens with one attached hydrogen (secondary N) is 1. The molecule has 0 aromatic heterocycles. The Morgan fingerprint density at radius 1 is 0.867 bits per heavy atom. The summed E-state index contributed by atoms with van der Waals surface area (Å²) in [5.41, 5.74) is 2.24. The van der Waals surface area contributed by atoms with Crippen molar-refractivity contribution >= 4 is 55.1 Å². The molecule has 45 heavy (non-hydrogen) atoms. The molecule has 4 aromatic rings. The van der Waals surface area contributed by atoms with Crippen LogP contribution in [0.5, 0.6) is 0 Å². The van der Waals surface area contributed by atoms with Gasteiger partial charge in [0.1, 0.15) is 12.6 Å². The van der Waals surface area contributed by atoms with Crippen LogP contribution < -0.4 is 9.62 Å². The Kier molecular flexibility index (Phi) is 11.1. The fraction of sp³-hybridized carbons (Fsp3) is 0.257. The maximum atomic E-state index is 14.5. The maximum Gasteiger partial charge on any atom is 0.264 e. The first-order chi connectivity index (χ1) is 21.2. The van der Waals surface area contributed by atoms with E-state index >= 15 is 0 Å². The monoisotopic (exact) mass is 709 g/mol. The van der Waals surface area contributed by atoms with Crippen LogP contribution in [0.25, 0.3) is 0 Å². The van der Waals surface area contributed by atoms with Gasteiger partial charge < -0.3 is 10.2 Å². The number of carbonyl (C=O) groups is 2. The average Bonchev–Trinajstić information content (AvgIpc) is 2.98. The van der Waals surface area contributed by atoms with Crippen LogP contribution in [0.3, 0.4) is 0 Å². The van der Waals surface area contributed by atoms with Crippen molar-refractivity contribution in [1.82, 2.24) is 10.2 Å². The van der Waals surface area contributed by atoms with Crippen LogP contribution in [0.1, 0.15) is 37.5 Å². The summed E-state index contributed by atoms with van der Waals surface area (Å²) in [6.45, 7) is 7.02. The van der Waals surface area contributed by atoms with Gasteiger partial charge in [0, 0.05) is 28.0 Å². The predicted molar refractivity (Wildman–Crippen MR) is 184 cm³/mol. The molecular weight excluding hydrogens is 674 g/mol. The Hall–Kier alpha value is -3.66. The molecule has 0 saturated heterocycles. The lowest BCUT2D eigenvalue weighted by molar-refractivity contribution is -0.140. The molecule has 2 amide bonds. The molecule has 4 aromatic carbocycles. The molecule has 0 fully saturated rings. The second-order valence-corrected chi connectivity index (χ2v) is 15.1. The molecule has 7 nitrogen and oxygen atoms in total. The third kappa shape index (κ3) is 9.42. The lowest BCUT2D eigenvalue weighted by Crippen LogP contribution is -2.56. The van der Waals surface area contributed by atoms with Crippen LogP contribution in [0.15, 0.2) is 112 Å². The minimum Gasteiger partial charge on any atom is -0.350 e. The first-order valence-corrected chi connectivity index (χ1v) is 17.1. The fourth-order valence-electron chi connectivity index (χ4n) is 4.79. The predicted octanol–water partition coefficient (Wildman–Crippen LogP) is 7.16. The van der Waals surface area contributed by atoms with Gasteiger partial charge in [0.15, 0.2) is 0 Å². The molecule has 0 aliphatic carbocycles. The highest BCUT2D eigenvalue weighted by atomic mass is 79.9. The van der Waals surface area contributed by atoms with Crippen molar-refractivity contribution in [3.63, 3.8) is 0 Å². The summed E-state index contributed by atoms with van der Waals surface area (Å²) in [6, 6.07) is 28.8. The second kappa shape index (κ2) is 14.6. The number of hydrogen-bond donors (Lipinski definition) is 1. The molecular formula is C35H37BrClN3O4S. The van der Waals surface area contributed by atoms with E-state index in [9.17, 15) is 18.0 Å². The minimum atomic E-state index is -4.18. The number of hydrogen-bond acceptors (Lipinski definition) is 4. The number of carbonyl (C=O) groups excluding carboxylic acids is 2. The van der Waals surface area contributed by atoms with E-state index in [1.807, 2.05) is 58.0 Å². The third-order valence-electron chi connectivity index (χ3n) is 7.02. The second-order valence-electron chi connectivity index (χ2n) is 11.9. The average molecular weight is 711 g/mol. The van der Waals surface area contributed by atoms with Gasteiger partial charge in [-0.25, -0.2) is 8.42 Å². The van der Waals surface area contributed by atoms with Crippen LogP contribution in [0.4, 0.5) is 5.69 Å². The zero-order chi connectivity index (χ0) is 32.8. The van der Waals surface area contributed by atoms with Gasteiger partial charge in [0.2, 0.25) is 11.8 Å². The van der Waals surface area contributed by atoms with Gasteiger partial charge in [0.05, 0.1) is 10.6 Å². The van der Waals surface area contributed by atoms with Crippen LogP contribution in [0.2, 0.25) is 5.02 Å². The Morgan fingerprint density at radius 3 is 2.11 bits per heavy atom. The molecule has 0 aliphatic heterocycles. The van der Waals surface area contributed by atoms with Crippen LogP contribution in [-0.4, -0.2) is 43.3 Å². The van der Waals surface area contributed by atoms with E-state index < -0.39 is 34.1 Å². The first kappa shape index (κ1) is 34.2. The molecule has 0 aliphatic rings. The quantitative estimate of drug-likeness (QED) is 0.179. The third-order valence-corrected chi connectivity index (χ3v) is 9.55. The molecule has 1 atom stereocenters. The molecule has 0 unspecified atom stereocenters. The molecule has 1 N–H and O–H groups in total. The number of sulfonamides is 1. The number of anilines is 1. The van der Waals surface area contributed by atoms with Crippen molar-refractivity contribution in [2.75, 3.05) is 10.8 Å². The molecule has 0 radical (unpaired) electrons. The fourth-order valence-corrected chi connectivity index (χ4v) is 6.71. The van der Waals surface area contributed by atoms with Gasteiger partial charge in [0.25, 0.3) is 10.0 Å². The maximum absolute atomic E-state index is 14.5. The number of amides is 2. The standard InChI is InChI=1S/C35H37BrClN3O4S/c1-25-13-19-31(20-14-25)45(43,44)40(30-12-8-11-28(36)22-30)24-33(41)39(23-27-15-17-29(37)18-16-27)32(34(42)38-35(2,3)4)21-26-9-6-5-7-10-26/h5-20,22,32H,21,23-24H2,1-4H3,(H,38,42)/t32-/m1/s1.